The Morgan fingerprint density at radius 1 is 1.14 bits per heavy atom. The summed E-state index contributed by atoms with van der Waals surface area (Å²) in [6, 6.07) is 11.8. The Morgan fingerprint density at radius 2 is 1.86 bits per heavy atom. The SMILES string of the molecule is Cc1nc(CN2CCN(C(C(N)=O)C(C)CC(Cc3ccccc3)C(O)CN(CC(C)C)S(=O)(=O)c3ccc(O)c(NC=O)c3)C2=O)cs1. The third-order valence-electron chi connectivity index (χ3n) is 8.65. The van der Waals surface area contributed by atoms with E-state index >= 15 is 0 Å². The van der Waals surface area contributed by atoms with Crippen molar-refractivity contribution in [1.29, 1.82) is 0 Å². The van der Waals surface area contributed by atoms with Crippen molar-refractivity contribution in [3.05, 3.63) is 70.2 Å². The fourth-order valence-corrected chi connectivity index (χ4v) is 8.62. The number of nitrogens with one attached hydrogen (secondary N) is 1. The van der Waals surface area contributed by atoms with Crippen molar-refractivity contribution in [2.24, 2.45) is 23.5 Å². The van der Waals surface area contributed by atoms with Crippen molar-refractivity contribution < 1.29 is 33.0 Å². The molecule has 3 aromatic rings. The number of hydrogen-bond acceptors (Lipinski definition) is 9. The number of sulfonamides is 1. The molecule has 49 heavy (non-hydrogen) atoms. The Labute approximate surface area is 291 Å². The zero-order valence-electron chi connectivity index (χ0n) is 28.2. The van der Waals surface area contributed by atoms with Gasteiger partial charge in [0.2, 0.25) is 22.3 Å². The first-order valence-corrected chi connectivity index (χ1v) is 18.5. The Balaban J connectivity index is 1.59. The molecule has 1 saturated heterocycles. The Kier molecular flexibility index (Phi) is 12.8. The third kappa shape index (κ3) is 9.56. The summed E-state index contributed by atoms with van der Waals surface area (Å²) in [6.07, 6.45) is -0.192. The zero-order chi connectivity index (χ0) is 35.9. The second-order valence-corrected chi connectivity index (χ2v) is 16.0. The number of aliphatic hydroxyl groups excluding tert-OH is 1. The van der Waals surface area contributed by atoms with Gasteiger partial charge in [0.15, 0.2) is 0 Å². The first-order valence-electron chi connectivity index (χ1n) is 16.2. The van der Waals surface area contributed by atoms with Gasteiger partial charge in [0.05, 0.1) is 33.9 Å². The molecule has 0 aliphatic carbocycles. The van der Waals surface area contributed by atoms with Gasteiger partial charge in [0.1, 0.15) is 11.8 Å². The minimum atomic E-state index is -4.19. The fourth-order valence-electron chi connectivity index (χ4n) is 6.36. The molecule has 0 radical (unpaired) electrons. The van der Waals surface area contributed by atoms with Crippen molar-refractivity contribution in [3.8, 4) is 5.75 Å². The number of amides is 4. The number of benzene rings is 2. The molecule has 266 valence electrons. The number of primary amides is 1. The van der Waals surface area contributed by atoms with Crippen LogP contribution in [0.5, 0.6) is 5.75 Å². The van der Waals surface area contributed by atoms with Crippen LogP contribution >= 0.6 is 11.3 Å². The molecule has 4 amide bonds. The summed E-state index contributed by atoms with van der Waals surface area (Å²) in [5.41, 5.74) is 7.56. The van der Waals surface area contributed by atoms with Gasteiger partial charge in [0, 0.05) is 31.6 Å². The lowest BCUT2D eigenvalue weighted by Crippen LogP contribution is -2.51. The number of aromatic hydroxyl groups is 1. The second-order valence-electron chi connectivity index (χ2n) is 13.0. The van der Waals surface area contributed by atoms with Gasteiger partial charge < -0.3 is 31.1 Å². The number of phenolic OH excluding ortho intramolecular Hbond substituents is 1. The number of aliphatic hydroxyl groups is 1. The average molecular weight is 715 g/mol. The lowest BCUT2D eigenvalue weighted by molar-refractivity contribution is -0.124. The van der Waals surface area contributed by atoms with E-state index in [1.54, 1.807) is 4.90 Å². The molecule has 4 rings (SSSR count). The minimum absolute atomic E-state index is 0.0638. The number of carbonyl (C=O) groups is 3. The minimum Gasteiger partial charge on any atom is -0.506 e. The third-order valence-corrected chi connectivity index (χ3v) is 11.3. The standard InChI is InChI=1S/C34H46N6O7S2/c1-22(2)17-39(49(46,47)28-10-11-30(42)29(16-28)36-21-41)19-31(43)26(15-25-8-6-5-7-9-25)14-23(3)32(33(35)44)40-13-12-38(34(40)45)18-27-20-48-24(4)37-27/h5-11,16,20-23,26,31-32,42-43H,12-15,17-19H2,1-4H3,(H2,35,44)(H,36,41). The lowest BCUT2D eigenvalue weighted by Gasteiger charge is -2.35. The molecule has 0 saturated carbocycles. The maximum atomic E-state index is 13.9. The van der Waals surface area contributed by atoms with E-state index in [4.69, 9.17) is 5.73 Å². The molecule has 2 heterocycles. The highest BCUT2D eigenvalue weighted by Crippen LogP contribution is 2.31. The number of rotatable bonds is 18. The summed E-state index contributed by atoms with van der Waals surface area (Å²) in [6.45, 7) is 8.30. The number of phenols is 1. The number of carbonyl (C=O) groups excluding carboxylic acids is 3. The number of anilines is 1. The molecule has 4 atom stereocenters. The molecule has 0 spiro atoms. The van der Waals surface area contributed by atoms with E-state index in [0.717, 1.165) is 16.3 Å². The van der Waals surface area contributed by atoms with Crippen molar-refractivity contribution in [1.82, 2.24) is 19.1 Å². The summed E-state index contributed by atoms with van der Waals surface area (Å²) < 4.78 is 29.1. The van der Waals surface area contributed by atoms with Gasteiger partial charge in [-0.3, -0.25) is 9.59 Å². The molecule has 15 heteroatoms. The molecule has 4 unspecified atom stereocenters. The molecule has 1 aliphatic rings. The number of aromatic nitrogens is 1. The predicted molar refractivity (Wildman–Crippen MR) is 187 cm³/mol. The molecular weight excluding hydrogens is 669 g/mol. The first kappa shape index (κ1) is 37.8. The topological polar surface area (TPSA) is 186 Å². The second kappa shape index (κ2) is 16.6. The maximum Gasteiger partial charge on any atom is 0.321 e. The van der Waals surface area contributed by atoms with Crippen LogP contribution < -0.4 is 11.1 Å². The van der Waals surface area contributed by atoms with Gasteiger partial charge in [-0.15, -0.1) is 11.3 Å². The fraction of sp³-hybridized carbons (Fsp3) is 0.471. The van der Waals surface area contributed by atoms with Gasteiger partial charge in [-0.2, -0.15) is 4.31 Å². The van der Waals surface area contributed by atoms with Crippen LogP contribution in [-0.4, -0.2) is 94.4 Å². The van der Waals surface area contributed by atoms with Gasteiger partial charge >= 0.3 is 6.03 Å². The van der Waals surface area contributed by atoms with E-state index in [1.807, 2.05) is 63.4 Å². The van der Waals surface area contributed by atoms with Crippen molar-refractivity contribution in [2.45, 2.75) is 64.1 Å². The van der Waals surface area contributed by atoms with Crippen LogP contribution in [0.4, 0.5) is 10.5 Å². The number of urea groups is 1. The number of nitrogens with two attached hydrogens (primary N) is 1. The molecule has 1 aliphatic heterocycles. The normalized spacial score (nSPS) is 16.2. The summed E-state index contributed by atoms with van der Waals surface area (Å²) in [5.74, 6) is -2.05. The van der Waals surface area contributed by atoms with Crippen molar-refractivity contribution in [3.63, 3.8) is 0 Å². The van der Waals surface area contributed by atoms with Gasteiger partial charge in [0.25, 0.3) is 0 Å². The Bertz CT molecular complexity index is 1700. The van der Waals surface area contributed by atoms with E-state index in [9.17, 15) is 33.0 Å². The Morgan fingerprint density at radius 3 is 2.47 bits per heavy atom. The highest BCUT2D eigenvalue weighted by Gasteiger charge is 2.41. The number of hydrogen-bond donors (Lipinski definition) is 4. The monoisotopic (exact) mass is 714 g/mol. The van der Waals surface area contributed by atoms with Crippen LogP contribution in [0.15, 0.2) is 58.8 Å². The number of nitrogens with zero attached hydrogens (tertiary/aromatic N) is 4. The van der Waals surface area contributed by atoms with Gasteiger partial charge in [-0.05, 0) is 61.3 Å². The van der Waals surface area contributed by atoms with Crippen LogP contribution in [0.2, 0.25) is 0 Å². The first-order chi connectivity index (χ1) is 23.2. The smallest absolute Gasteiger partial charge is 0.321 e. The molecule has 13 nitrogen and oxygen atoms in total. The molecular formula is C34H46N6O7S2. The van der Waals surface area contributed by atoms with Crippen molar-refractivity contribution >= 4 is 45.4 Å². The quantitative estimate of drug-likeness (QED) is 0.114. The van der Waals surface area contributed by atoms with Crippen LogP contribution in [0.25, 0.3) is 0 Å². The highest BCUT2D eigenvalue weighted by molar-refractivity contribution is 7.89. The van der Waals surface area contributed by atoms with Gasteiger partial charge in [-0.1, -0.05) is 51.1 Å². The van der Waals surface area contributed by atoms with E-state index in [1.165, 1.54) is 38.7 Å². The molecule has 2 aromatic carbocycles. The molecule has 0 bridgehead atoms. The highest BCUT2D eigenvalue weighted by atomic mass is 32.2. The number of thiazole rings is 1. The van der Waals surface area contributed by atoms with Crippen molar-refractivity contribution in [2.75, 3.05) is 31.5 Å². The average Bonchev–Trinajstić information content (AvgIpc) is 3.62. The predicted octanol–water partition coefficient (Wildman–Crippen LogP) is 3.41. The zero-order valence-corrected chi connectivity index (χ0v) is 29.9. The van der Waals surface area contributed by atoms with Crippen LogP contribution in [0, 0.1) is 24.7 Å². The summed E-state index contributed by atoms with van der Waals surface area (Å²) in [5, 5.41) is 27.0. The Hall–Kier alpha value is -4.05. The number of aryl methyl sites for hydroxylation is 1. The van der Waals surface area contributed by atoms with E-state index in [2.05, 4.69) is 10.3 Å². The van der Waals surface area contributed by atoms with E-state index < -0.39 is 39.9 Å². The van der Waals surface area contributed by atoms with Crippen LogP contribution in [-0.2, 0) is 32.6 Å². The van der Waals surface area contributed by atoms with E-state index in [-0.39, 0.29) is 47.8 Å². The largest absolute Gasteiger partial charge is 0.506 e. The van der Waals surface area contributed by atoms with Crippen LogP contribution in [0.3, 0.4) is 0 Å². The van der Waals surface area contributed by atoms with Gasteiger partial charge in [-0.25, -0.2) is 18.2 Å². The maximum absolute atomic E-state index is 13.9. The molecule has 1 fully saturated rings. The summed E-state index contributed by atoms with van der Waals surface area (Å²) >= 11 is 1.50. The summed E-state index contributed by atoms with van der Waals surface area (Å²) in [7, 11) is -4.19. The molecule has 1 aromatic heterocycles. The van der Waals surface area contributed by atoms with E-state index in [0.29, 0.717) is 32.5 Å². The summed E-state index contributed by atoms with van der Waals surface area (Å²) in [4.78, 5) is 44.9. The molecule has 5 N–H and O–H groups in total. The van der Waals surface area contributed by atoms with Crippen LogP contribution in [0.1, 0.15) is 43.5 Å². The lowest BCUT2D eigenvalue weighted by atomic mass is 9.82.